The average Bonchev–Trinajstić information content (AvgIpc) is 2.63. The zero-order valence-electron chi connectivity index (χ0n) is 13.6. The Morgan fingerprint density at radius 1 is 1.41 bits per heavy atom. The van der Waals surface area contributed by atoms with Gasteiger partial charge in [-0.15, -0.1) is 12.4 Å². The molecule has 0 aromatic heterocycles. The summed E-state index contributed by atoms with van der Waals surface area (Å²) >= 11 is 0. The Morgan fingerprint density at radius 3 is 2.71 bits per heavy atom. The van der Waals surface area contributed by atoms with Crippen molar-refractivity contribution in [2.45, 2.75) is 18.0 Å². The van der Waals surface area contributed by atoms with Gasteiger partial charge in [0, 0.05) is 18.8 Å². The highest BCUT2D eigenvalue weighted by Gasteiger charge is 2.60. The van der Waals surface area contributed by atoms with Gasteiger partial charge in [-0.25, -0.2) is 0 Å². The van der Waals surface area contributed by atoms with E-state index in [1.165, 1.54) is 12.1 Å². The summed E-state index contributed by atoms with van der Waals surface area (Å²) < 4.78 is 79.0. The molecular weight excluding hydrogens is 251 g/mol. The van der Waals surface area contributed by atoms with E-state index >= 15 is 0 Å². The topological polar surface area (TPSA) is 12.0 Å². The molecule has 0 amide bonds. The monoisotopic (exact) mass is 268 g/mol. The molecule has 5 heteroatoms. The molecule has 2 fully saturated rings. The first-order valence-electron chi connectivity index (χ1n) is 7.35. The summed E-state index contributed by atoms with van der Waals surface area (Å²) in [5.74, 6) is -2.28. The van der Waals surface area contributed by atoms with Crippen LogP contribution < -0.4 is 5.32 Å². The maximum atomic E-state index is 13.2. The van der Waals surface area contributed by atoms with E-state index in [1.54, 1.807) is 0 Å². The maximum Gasteiger partial charge on any atom is 0.416 e. The molecule has 0 spiro atoms. The lowest BCUT2D eigenvalue weighted by atomic mass is 9.90. The van der Waals surface area contributed by atoms with Crippen molar-refractivity contribution in [3.63, 3.8) is 0 Å². The van der Waals surface area contributed by atoms with Crippen molar-refractivity contribution < 1.29 is 20.0 Å². The van der Waals surface area contributed by atoms with Gasteiger partial charge in [-0.2, -0.15) is 13.2 Å². The number of piperidine rings is 1. The largest absolute Gasteiger partial charge is 0.416 e. The van der Waals surface area contributed by atoms with Gasteiger partial charge in [0.25, 0.3) is 0 Å². The molecule has 1 aliphatic carbocycles. The molecule has 2 unspecified atom stereocenters. The van der Waals surface area contributed by atoms with Crippen molar-refractivity contribution in [1.29, 1.82) is 0 Å². The summed E-state index contributed by atoms with van der Waals surface area (Å²) in [6.07, 6.45) is -7.06. The molecular formula is C12H13ClF3N. The first kappa shape index (κ1) is 7.64. The van der Waals surface area contributed by atoms with Crippen molar-refractivity contribution in [3.05, 3.63) is 35.4 Å². The van der Waals surface area contributed by atoms with Crippen LogP contribution in [0.5, 0.6) is 0 Å². The van der Waals surface area contributed by atoms with Crippen LogP contribution in [0.1, 0.15) is 24.4 Å². The van der Waals surface area contributed by atoms with Gasteiger partial charge >= 0.3 is 6.18 Å². The van der Waals surface area contributed by atoms with Crippen LogP contribution in [-0.4, -0.2) is 13.0 Å². The van der Waals surface area contributed by atoms with Gasteiger partial charge in [-0.3, -0.25) is 0 Å². The van der Waals surface area contributed by atoms with Crippen molar-refractivity contribution >= 4 is 12.4 Å². The molecule has 1 nitrogen and oxygen atoms in total. The van der Waals surface area contributed by atoms with E-state index in [4.69, 9.17) is 6.85 Å². The third-order valence-corrected chi connectivity index (χ3v) is 2.96. The molecule has 2 aliphatic rings. The first-order chi connectivity index (χ1) is 9.43. The van der Waals surface area contributed by atoms with E-state index in [9.17, 15) is 13.2 Å². The fourth-order valence-electron chi connectivity index (χ4n) is 2.12. The number of benzene rings is 1. The second-order valence-corrected chi connectivity index (χ2v) is 3.93. The van der Waals surface area contributed by atoms with E-state index in [-0.39, 0.29) is 24.5 Å². The summed E-state index contributed by atoms with van der Waals surface area (Å²) in [5.41, 5.74) is -3.20. The van der Waals surface area contributed by atoms with Gasteiger partial charge in [0.1, 0.15) is 0 Å². The Bertz CT molecular complexity index is 623. The molecule has 17 heavy (non-hydrogen) atoms. The van der Waals surface area contributed by atoms with E-state index < -0.39 is 35.9 Å². The minimum Gasteiger partial charge on any atom is -0.316 e. The number of fused-ring (bicyclic) bond motifs is 1. The van der Waals surface area contributed by atoms with Crippen LogP contribution in [0.4, 0.5) is 13.2 Å². The smallest absolute Gasteiger partial charge is 0.316 e. The SMILES string of the molecule is Cl.[2H]C1([2H])NCC2(c3ccccc3C(F)(F)F)C([2H])([2H])C12[2H]. The Labute approximate surface area is 111 Å². The van der Waals surface area contributed by atoms with Crippen LogP contribution in [0.2, 0.25) is 0 Å². The van der Waals surface area contributed by atoms with Crippen LogP contribution in [0.15, 0.2) is 24.3 Å². The Morgan fingerprint density at radius 2 is 2.12 bits per heavy atom. The van der Waals surface area contributed by atoms with Crippen molar-refractivity contribution in [3.8, 4) is 0 Å². The number of rotatable bonds is 1. The minimum atomic E-state index is -4.68. The fraction of sp³-hybridized carbons (Fsp3) is 0.500. The predicted octanol–water partition coefficient (Wildman–Crippen LogP) is 2.99. The van der Waals surface area contributed by atoms with Crippen molar-refractivity contribution in [1.82, 2.24) is 5.32 Å². The summed E-state index contributed by atoms with van der Waals surface area (Å²) in [6, 6.07) is 4.53. The van der Waals surface area contributed by atoms with Gasteiger partial charge in [-0.05, 0) is 30.4 Å². The normalized spacial score (nSPS) is 45.2. The van der Waals surface area contributed by atoms with Gasteiger partial charge < -0.3 is 5.32 Å². The fourth-order valence-corrected chi connectivity index (χ4v) is 2.12. The predicted molar refractivity (Wildman–Crippen MR) is 61.3 cm³/mol. The lowest BCUT2D eigenvalue weighted by Crippen LogP contribution is -2.22. The van der Waals surface area contributed by atoms with Crippen LogP contribution in [0.3, 0.4) is 0 Å². The zero-order chi connectivity index (χ0) is 15.9. The van der Waals surface area contributed by atoms with Gasteiger partial charge in [0.2, 0.25) is 0 Å². The Kier molecular flexibility index (Phi) is 1.75. The van der Waals surface area contributed by atoms with Crippen LogP contribution >= 0.6 is 12.4 Å². The van der Waals surface area contributed by atoms with E-state index in [0.717, 1.165) is 12.1 Å². The van der Waals surface area contributed by atoms with Gasteiger partial charge in [0.05, 0.1) is 5.56 Å². The summed E-state index contributed by atoms with van der Waals surface area (Å²) in [6.45, 7) is -2.74. The zero-order valence-corrected chi connectivity index (χ0v) is 9.38. The molecule has 1 aromatic rings. The van der Waals surface area contributed by atoms with Crippen molar-refractivity contribution in [2.24, 2.45) is 5.89 Å². The van der Waals surface area contributed by atoms with E-state index in [0.29, 0.717) is 0 Å². The molecule has 1 aromatic carbocycles. The highest BCUT2D eigenvalue weighted by Crippen LogP contribution is 2.58. The Hall–Kier alpha value is -0.740. The van der Waals surface area contributed by atoms with Gasteiger partial charge in [-0.1, -0.05) is 18.2 Å². The lowest BCUT2D eigenvalue weighted by Gasteiger charge is -2.19. The van der Waals surface area contributed by atoms with E-state index in [1.807, 2.05) is 0 Å². The number of nitrogens with one attached hydrogen (secondary N) is 1. The lowest BCUT2D eigenvalue weighted by molar-refractivity contribution is -0.138. The van der Waals surface area contributed by atoms with Crippen LogP contribution in [-0.2, 0) is 11.6 Å². The average molecular weight is 269 g/mol. The number of hydrogen-bond acceptors (Lipinski definition) is 1. The Balaban J connectivity index is 0.00000176. The molecule has 0 radical (unpaired) electrons. The van der Waals surface area contributed by atoms with Gasteiger partial charge in [0.15, 0.2) is 0 Å². The number of halogens is 4. The molecule has 0 bridgehead atoms. The molecule has 2 atom stereocenters. The number of hydrogen-bond donors (Lipinski definition) is 1. The summed E-state index contributed by atoms with van der Waals surface area (Å²) in [7, 11) is 0. The highest BCUT2D eigenvalue weighted by atomic mass is 35.5. The summed E-state index contributed by atoms with van der Waals surface area (Å²) in [5, 5.41) is 2.35. The minimum absolute atomic E-state index is 0. The third kappa shape index (κ3) is 1.83. The molecule has 94 valence electrons. The van der Waals surface area contributed by atoms with Crippen LogP contribution in [0, 0.1) is 5.89 Å². The molecule has 1 heterocycles. The molecule has 1 saturated heterocycles. The van der Waals surface area contributed by atoms with Crippen LogP contribution in [0.25, 0.3) is 0 Å². The summed E-state index contributed by atoms with van der Waals surface area (Å²) in [4.78, 5) is 0. The first-order valence-corrected chi connectivity index (χ1v) is 4.85. The maximum absolute atomic E-state index is 13.2. The molecule has 3 rings (SSSR count). The third-order valence-electron chi connectivity index (χ3n) is 2.96. The van der Waals surface area contributed by atoms with E-state index in [2.05, 4.69) is 5.32 Å². The quantitative estimate of drug-likeness (QED) is 0.826. The number of alkyl halides is 3. The molecule has 1 aliphatic heterocycles. The molecule has 1 N–H and O–H groups in total. The standard InChI is InChI=1S/C12H12F3N.ClH/c13-12(14,15)10-4-2-1-3-9(10)11-5-8(11)6-16-7-11;/h1-4,8,16H,5-7H2;1H/i5D2,6D2,8D;. The molecule has 1 saturated carbocycles. The second kappa shape index (κ2) is 3.89. The van der Waals surface area contributed by atoms with Crippen molar-refractivity contribution in [2.75, 3.05) is 13.0 Å². The highest BCUT2D eigenvalue weighted by molar-refractivity contribution is 5.85. The second-order valence-electron chi connectivity index (χ2n) is 3.93.